The minimum Gasteiger partial charge on any atom is -0.480 e. The van der Waals surface area contributed by atoms with Gasteiger partial charge in [0, 0.05) is 42.3 Å². The molecular formula is C33H37Cl3F4N7O10PS2. The summed E-state index contributed by atoms with van der Waals surface area (Å²) in [5.74, 6) is -4.67. The maximum absolute atomic E-state index is 14.3. The monoisotopic (exact) mass is 967 g/mol. The number of nitrogens with zero attached hydrogens (tertiary/aromatic N) is 6. The standard InChI is InChI=1S/C15H15ClFN3O3S2.C13H10Cl2F3N3O3.C5H12NO4P/c1-23-13(21)8-24-12-7-11(10(17)6-9(12)16)18-14-19-4-2-3-5-20(19)15(22)25-14;1-5-19-21(13(24)20(5)12(17)18)10-3-6(2-8(15)11(22)23)7(14)4-9(10)16;1-11(9,10)3-2-4(6)5(7)8/h6-7H,2-5,8H2,1H3;3-4,8,12H,2H2,1H3,(H,22,23);4H,2-3,6H2,1H3,(H,7,8)(H,9,10)/b18-14-;;. The molecule has 2 aromatic heterocycles. The number of ether oxygens (including phenoxy) is 1. The summed E-state index contributed by atoms with van der Waals surface area (Å²) in [5, 5.41) is 19.5. The van der Waals surface area contributed by atoms with Crippen molar-refractivity contribution in [2.45, 2.75) is 68.6 Å². The Morgan fingerprint density at radius 1 is 1.05 bits per heavy atom. The van der Waals surface area contributed by atoms with Crippen molar-refractivity contribution >= 4 is 88.9 Å². The number of methoxy groups -OCH3 is 1. The third-order valence-corrected chi connectivity index (χ3v) is 12.1. The first-order valence-corrected chi connectivity index (χ1v) is 22.4. The van der Waals surface area contributed by atoms with E-state index >= 15 is 0 Å². The Bertz CT molecular complexity index is 2460. The quantitative estimate of drug-likeness (QED) is 0.0441. The maximum Gasteiger partial charge on any atom is 0.355 e. The molecule has 0 saturated carbocycles. The second-order valence-electron chi connectivity index (χ2n) is 12.6. The Kier molecular flexibility index (Phi) is 18.7. The van der Waals surface area contributed by atoms with Gasteiger partial charge in [-0.25, -0.2) is 27.8 Å². The Morgan fingerprint density at radius 2 is 1.67 bits per heavy atom. The third kappa shape index (κ3) is 14.0. The number of rotatable bonds is 13. The van der Waals surface area contributed by atoms with Crippen LogP contribution in [-0.2, 0) is 43.2 Å². The normalized spacial score (nSPS) is 14.5. The molecule has 0 spiro atoms. The summed E-state index contributed by atoms with van der Waals surface area (Å²) in [6, 6.07) is 3.50. The summed E-state index contributed by atoms with van der Waals surface area (Å²) in [5.41, 5.74) is 3.63. The molecule has 3 atom stereocenters. The van der Waals surface area contributed by atoms with Crippen molar-refractivity contribution < 1.29 is 56.4 Å². The van der Waals surface area contributed by atoms with Gasteiger partial charge in [0.05, 0.1) is 17.9 Å². The van der Waals surface area contributed by atoms with E-state index in [4.69, 9.17) is 55.6 Å². The highest BCUT2D eigenvalue weighted by Gasteiger charge is 2.23. The molecule has 0 saturated heterocycles. The molecule has 4 aromatic rings. The van der Waals surface area contributed by atoms with E-state index in [0.29, 0.717) is 27.5 Å². The highest BCUT2D eigenvalue weighted by Crippen LogP contribution is 2.36. The van der Waals surface area contributed by atoms with Crippen LogP contribution in [0.1, 0.15) is 37.2 Å². The van der Waals surface area contributed by atoms with Gasteiger partial charge in [-0.2, -0.15) is 13.5 Å². The second-order valence-corrected chi connectivity index (χ2v) is 18.4. The third-order valence-electron chi connectivity index (χ3n) is 8.04. The van der Waals surface area contributed by atoms with Gasteiger partial charge in [-0.3, -0.25) is 28.4 Å². The van der Waals surface area contributed by atoms with Gasteiger partial charge in [-0.05, 0) is 67.4 Å². The van der Waals surface area contributed by atoms with E-state index in [1.54, 1.807) is 9.36 Å². The van der Waals surface area contributed by atoms with Crippen molar-refractivity contribution in [1.29, 1.82) is 0 Å². The lowest BCUT2D eigenvalue weighted by molar-refractivity contribution is -0.139. The van der Waals surface area contributed by atoms with E-state index in [0.717, 1.165) is 61.1 Å². The number of thioether (sulfide) groups is 1. The summed E-state index contributed by atoms with van der Waals surface area (Å²) in [4.78, 5) is 70.2. The van der Waals surface area contributed by atoms with Crippen LogP contribution in [0.15, 0.2) is 43.7 Å². The van der Waals surface area contributed by atoms with Gasteiger partial charge in [-0.1, -0.05) is 23.2 Å². The number of aliphatic carboxylic acids is 2. The van der Waals surface area contributed by atoms with E-state index in [1.165, 1.54) is 19.8 Å². The molecule has 0 radical (unpaired) electrons. The van der Waals surface area contributed by atoms with Crippen LogP contribution in [0.3, 0.4) is 0 Å². The average Bonchev–Trinajstić information content (AvgIpc) is 3.65. The molecule has 2 aromatic carbocycles. The van der Waals surface area contributed by atoms with E-state index < -0.39 is 66.3 Å². The number of carboxylic acid groups (broad SMARTS) is 2. The van der Waals surface area contributed by atoms with Crippen LogP contribution < -0.4 is 21.1 Å². The van der Waals surface area contributed by atoms with Gasteiger partial charge in [0.1, 0.15) is 34.4 Å². The van der Waals surface area contributed by atoms with Crippen LogP contribution in [0.5, 0.6) is 0 Å². The van der Waals surface area contributed by atoms with E-state index in [9.17, 15) is 46.1 Å². The number of benzene rings is 2. The molecule has 1 aliphatic rings. The van der Waals surface area contributed by atoms with Crippen LogP contribution in [0.4, 0.5) is 23.2 Å². The molecule has 0 amide bonds. The lowest BCUT2D eigenvalue weighted by atomic mass is 10.1. The summed E-state index contributed by atoms with van der Waals surface area (Å²) in [6.45, 7) is 0.533. The molecule has 0 aliphatic carbocycles. The Labute approximate surface area is 360 Å². The van der Waals surface area contributed by atoms with Crippen molar-refractivity contribution in [2.24, 2.45) is 10.7 Å². The minimum absolute atomic E-state index is 0.0412. The number of hydrogen-bond acceptors (Lipinski definition) is 12. The van der Waals surface area contributed by atoms with Gasteiger partial charge in [0.2, 0.25) is 4.80 Å². The average molecular weight is 969 g/mol. The van der Waals surface area contributed by atoms with Crippen molar-refractivity contribution in [3.8, 4) is 5.69 Å². The Balaban J connectivity index is 0.000000259. The van der Waals surface area contributed by atoms with Gasteiger partial charge in [0.25, 0.3) is 0 Å². The van der Waals surface area contributed by atoms with Crippen molar-refractivity contribution in [2.75, 3.05) is 25.7 Å². The van der Waals surface area contributed by atoms with Crippen LogP contribution in [0.25, 0.3) is 5.69 Å². The lowest BCUT2D eigenvalue weighted by Gasteiger charge is -2.15. The number of fused-ring (bicyclic) bond motifs is 1. The number of hydrogen-bond donors (Lipinski definition) is 4. The van der Waals surface area contributed by atoms with Crippen LogP contribution in [-0.4, -0.2) is 93.8 Å². The second kappa shape index (κ2) is 22.2. The van der Waals surface area contributed by atoms with E-state index in [-0.39, 0.29) is 61.3 Å². The molecule has 330 valence electrons. The summed E-state index contributed by atoms with van der Waals surface area (Å²) >= 11 is 19.6. The number of aryl methyl sites for hydroxylation is 1. The van der Waals surface area contributed by atoms with E-state index in [2.05, 4.69) is 14.8 Å². The number of aromatic nitrogens is 5. The fourth-order valence-electron chi connectivity index (χ4n) is 4.97. The molecule has 60 heavy (non-hydrogen) atoms. The zero-order valence-electron chi connectivity index (χ0n) is 31.6. The first kappa shape index (κ1) is 50.4. The lowest BCUT2D eigenvalue weighted by Crippen LogP contribution is -2.31. The van der Waals surface area contributed by atoms with E-state index in [1.807, 2.05) is 0 Å². The smallest absolute Gasteiger partial charge is 0.355 e. The van der Waals surface area contributed by atoms with Crippen molar-refractivity contribution in [3.63, 3.8) is 0 Å². The Hall–Kier alpha value is -3.96. The first-order chi connectivity index (χ1) is 27.9. The highest BCUT2D eigenvalue weighted by molar-refractivity contribution is 8.00. The predicted octanol–water partition coefficient (Wildman–Crippen LogP) is 5.25. The van der Waals surface area contributed by atoms with Crippen LogP contribution in [0.2, 0.25) is 10.0 Å². The SMILES string of the molecule is COC(=O)CSc1cc(/N=c2\sc(=O)n3n2CCCC3)c(F)cc1Cl.CP(=O)(O)CCC(N)C(=O)O.Cc1nn(-c2cc(CC(Cl)C(=O)O)c(Cl)cc2F)c(=O)n1C(F)F. The summed E-state index contributed by atoms with van der Waals surface area (Å²) in [6.07, 6.45) is 1.64. The van der Waals surface area contributed by atoms with Gasteiger partial charge >= 0.3 is 35.0 Å². The van der Waals surface area contributed by atoms with Gasteiger partial charge < -0.3 is 25.6 Å². The van der Waals surface area contributed by atoms with Crippen molar-refractivity contribution in [1.82, 2.24) is 23.7 Å². The highest BCUT2D eigenvalue weighted by atomic mass is 35.5. The maximum atomic E-state index is 14.3. The molecule has 17 nitrogen and oxygen atoms in total. The molecule has 3 unspecified atom stereocenters. The number of nitrogens with two attached hydrogens (primary N) is 1. The fraction of sp³-hybridized carbons (Fsp3) is 0.424. The number of esters is 1. The molecule has 3 heterocycles. The van der Waals surface area contributed by atoms with Gasteiger partial charge in [0.15, 0.2) is 13.2 Å². The van der Waals surface area contributed by atoms with Crippen LogP contribution in [0, 0.1) is 18.6 Å². The topological polar surface area (TPSA) is 243 Å². The summed E-state index contributed by atoms with van der Waals surface area (Å²) < 4.78 is 73.2. The number of halogens is 7. The number of carboxylic acids is 2. The molecule has 1 aliphatic heterocycles. The minimum atomic E-state index is -3.14. The zero-order valence-corrected chi connectivity index (χ0v) is 36.4. The van der Waals surface area contributed by atoms with Gasteiger partial charge in [-0.15, -0.1) is 28.5 Å². The molecule has 0 fully saturated rings. The largest absolute Gasteiger partial charge is 0.480 e. The number of alkyl halides is 3. The molecule has 5 rings (SSSR count). The number of carbonyl (C=O) groups is 3. The molecule has 5 N–H and O–H groups in total. The Morgan fingerprint density at radius 3 is 2.22 bits per heavy atom. The molecule has 0 bridgehead atoms. The molecule has 27 heteroatoms. The fourth-order valence-corrected chi connectivity index (χ4v) is 8.11. The molecular weight excluding hydrogens is 932 g/mol. The summed E-state index contributed by atoms with van der Waals surface area (Å²) in [7, 11) is -1.81. The number of carbonyl (C=O) groups excluding carboxylic acids is 1. The van der Waals surface area contributed by atoms with Crippen molar-refractivity contribution in [3.05, 3.63) is 82.3 Å². The predicted molar refractivity (Wildman–Crippen MR) is 216 cm³/mol. The zero-order chi connectivity index (χ0) is 45.2. The van der Waals surface area contributed by atoms with Crippen LogP contribution >= 0.6 is 65.3 Å². The first-order valence-electron chi connectivity index (χ1n) is 17.1.